The van der Waals surface area contributed by atoms with E-state index in [0.717, 1.165) is 32.7 Å². The summed E-state index contributed by atoms with van der Waals surface area (Å²) in [7, 11) is 0. The predicted octanol–water partition coefficient (Wildman–Crippen LogP) is 3.12. The Bertz CT molecular complexity index is 960. The first kappa shape index (κ1) is 24.0. The lowest BCUT2D eigenvalue weighted by Crippen LogP contribution is -2.50. The van der Waals surface area contributed by atoms with Crippen molar-refractivity contribution in [1.82, 2.24) is 19.4 Å². The van der Waals surface area contributed by atoms with Crippen LogP contribution in [-0.4, -0.2) is 76.4 Å². The van der Waals surface area contributed by atoms with Crippen molar-refractivity contribution in [2.45, 2.75) is 44.1 Å². The molecule has 1 atom stereocenters. The molecule has 1 amide bonds. The summed E-state index contributed by atoms with van der Waals surface area (Å²) in [5.74, 6) is 0.0852. The Labute approximate surface area is 192 Å². The van der Waals surface area contributed by atoms with Gasteiger partial charge in [-0.05, 0) is 45.0 Å². The molecule has 2 aromatic rings. The number of fused-ring (bicyclic) bond motifs is 1. The minimum atomic E-state index is -0.338. The number of benzene rings is 1. The van der Waals surface area contributed by atoms with Crippen molar-refractivity contribution in [2.75, 3.05) is 45.9 Å². The number of carbonyl (C=O) groups is 1. The van der Waals surface area contributed by atoms with Gasteiger partial charge in [-0.15, -0.1) is 0 Å². The zero-order valence-corrected chi connectivity index (χ0v) is 20.0. The zero-order chi connectivity index (χ0) is 22.4. The summed E-state index contributed by atoms with van der Waals surface area (Å²) in [6, 6.07) is 5.11. The van der Waals surface area contributed by atoms with Gasteiger partial charge in [0.15, 0.2) is 5.16 Å². The molecule has 1 aromatic heterocycles. The van der Waals surface area contributed by atoms with Crippen LogP contribution in [0.1, 0.15) is 27.2 Å². The first-order valence-corrected chi connectivity index (χ1v) is 12.2. The Balaban J connectivity index is 1.83. The molecule has 0 N–H and O–H groups in total. The van der Waals surface area contributed by atoms with Crippen LogP contribution in [0.25, 0.3) is 10.9 Å². The molecular formula is C22H31ClN4O3S. The summed E-state index contributed by atoms with van der Waals surface area (Å²) in [5, 5.41) is 1.27. The summed E-state index contributed by atoms with van der Waals surface area (Å²) in [5.41, 5.74) is 0.439. The fourth-order valence-electron chi connectivity index (χ4n) is 3.68. The first-order chi connectivity index (χ1) is 14.9. The average molecular weight is 467 g/mol. The number of likely N-dealkylation sites (N-methyl/N-ethyl adjacent to an activating group) is 1. The van der Waals surface area contributed by atoms with E-state index in [1.807, 2.05) is 18.7 Å². The Morgan fingerprint density at radius 3 is 2.68 bits per heavy atom. The van der Waals surface area contributed by atoms with Gasteiger partial charge >= 0.3 is 0 Å². The van der Waals surface area contributed by atoms with Crippen LogP contribution in [0.4, 0.5) is 0 Å². The third-order valence-corrected chi connectivity index (χ3v) is 6.83. The Morgan fingerprint density at radius 1 is 1.26 bits per heavy atom. The van der Waals surface area contributed by atoms with E-state index in [0.29, 0.717) is 47.3 Å². The molecule has 0 saturated carbocycles. The van der Waals surface area contributed by atoms with E-state index in [9.17, 15) is 9.59 Å². The van der Waals surface area contributed by atoms with E-state index in [1.165, 1.54) is 11.8 Å². The molecule has 1 aliphatic heterocycles. The monoisotopic (exact) mass is 466 g/mol. The highest BCUT2D eigenvalue weighted by molar-refractivity contribution is 8.00. The van der Waals surface area contributed by atoms with Gasteiger partial charge in [-0.1, -0.05) is 30.3 Å². The minimum Gasteiger partial charge on any atom is -0.382 e. The fourth-order valence-corrected chi connectivity index (χ4v) is 4.87. The number of aromatic nitrogens is 2. The van der Waals surface area contributed by atoms with Crippen LogP contribution in [0.5, 0.6) is 0 Å². The van der Waals surface area contributed by atoms with Crippen molar-refractivity contribution in [2.24, 2.45) is 0 Å². The molecule has 0 bridgehead atoms. The molecule has 1 fully saturated rings. The maximum atomic E-state index is 13.2. The van der Waals surface area contributed by atoms with Crippen LogP contribution >= 0.6 is 23.4 Å². The molecule has 0 radical (unpaired) electrons. The van der Waals surface area contributed by atoms with Crippen LogP contribution < -0.4 is 5.56 Å². The summed E-state index contributed by atoms with van der Waals surface area (Å²) in [6.45, 7) is 11.9. The van der Waals surface area contributed by atoms with Gasteiger partial charge in [0.2, 0.25) is 5.91 Å². The number of halogens is 1. The highest BCUT2D eigenvalue weighted by atomic mass is 35.5. The molecule has 9 heteroatoms. The molecule has 3 rings (SSSR count). The molecule has 1 aromatic carbocycles. The number of piperazine rings is 1. The SMILES string of the molecule is CCOCCCn1c(SC(C)C(=O)N2CCN(CC)CC2)nc2cc(Cl)ccc2c1=O. The second-order valence-electron chi connectivity index (χ2n) is 7.58. The van der Waals surface area contributed by atoms with E-state index in [1.54, 1.807) is 22.8 Å². The zero-order valence-electron chi connectivity index (χ0n) is 18.5. The topological polar surface area (TPSA) is 67.7 Å². The summed E-state index contributed by atoms with van der Waals surface area (Å²) in [4.78, 5) is 35.2. The van der Waals surface area contributed by atoms with Gasteiger partial charge in [0, 0.05) is 51.0 Å². The van der Waals surface area contributed by atoms with Crippen molar-refractivity contribution in [3.63, 3.8) is 0 Å². The maximum absolute atomic E-state index is 13.2. The van der Waals surface area contributed by atoms with E-state index in [4.69, 9.17) is 21.3 Å². The standard InChI is InChI=1S/C22H31ClN4O3S/c1-4-25-10-12-26(13-11-25)20(28)16(3)31-22-24-19-15-17(23)7-8-18(19)21(29)27(22)9-6-14-30-5-2/h7-8,15-16H,4-6,9-14H2,1-3H3. The van der Waals surface area contributed by atoms with Crippen molar-refractivity contribution in [3.8, 4) is 0 Å². The number of amides is 1. The lowest BCUT2D eigenvalue weighted by Gasteiger charge is -2.35. The van der Waals surface area contributed by atoms with Crippen LogP contribution in [-0.2, 0) is 16.1 Å². The van der Waals surface area contributed by atoms with Crippen LogP contribution in [0.3, 0.4) is 0 Å². The predicted molar refractivity (Wildman–Crippen MR) is 126 cm³/mol. The first-order valence-electron chi connectivity index (χ1n) is 10.9. The van der Waals surface area contributed by atoms with E-state index >= 15 is 0 Å². The molecule has 1 unspecified atom stereocenters. The molecule has 0 aliphatic carbocycles. The number of ether oxygens (including phenoxy) is 1. The van der Waals surface area contributed by atoms with Crippen LogP contribution in [0.15, 0.2) is 28.2 Å². The number of nitrogens with zero attached hydrogens (tertiary/aromatic N) is 4. The normalized spacial score (nSPS) is 16.1. The lowest BCUT2D eigenvalue weighted by atomic mass is 10.2. The van der Waals surface area contributed by atoms with Crippen LogP contribution in [0, 0.1) is 0 Å². The highest BCUT2D eigenvalue weighted by Crippen LogP contribution is 2.25. The van der Waals surface area contributed by atoms with Crippen LogP contribution in [0.2, 0.25) is 5.02 Å². The summed E-state index contributed by atoms with van der Waals surface area (Å²) in [6.07, 6.45) is 0.698. The van der Waals surface area contributed by atoms with Crippen molar-refractivity contribution >= 4 is 40.2 Å². The lowest BCUT2D eigenvalue weighted by molar-refractivity contribution is -0.132. The van der Waals surface area contributed by atoms with Gasteiger partial charge in [-0.3, -0.25) is 14.2 Å². The molecule has 31 heavy (non-hydrogen) atoms. The number of hydrogen-bond donors (Lipinski definition) is 0. The Kier molecular flexibility index (Phi) is 8.77. The second-order valence-corrected chi connectivity index (χ2v) is 9.33. The number of hydrogen-bond acceptors (Lipinski definition) is 6. The smallest absolute Gasteiger partial charge is 0.262 e. The van der Waals surface area contributed by atoms with Gasteiger partial charge in [-0.2, -0.15) is 0 Å². The molecule has 7 nitrogen and oxygen atoms in total. The largest absolute Gasteiger partial charge is 0.382 e. The van der Waals surface area contributed by atoms with E-state index in [2.05, 4.69) is 11.8 Å². The van der Waals surface area contributed by atoms with Crippen molar-refractivity contribution in [1.29, 1.82) is 0 Å². The fraction of sp³-hybridized carbons (Fsp3) is 0.591. The van der Waals surface area contributed by atoms with Gasteiger partial charge in [0.05, 0.1) is 16.2 Å². The summed E-state index contributed by atoms with van der Waals surface area (Å²) < 4.78 is 7.10. The molecule has 170 valence electrons. The number of carbonyl (C=O) groups excluding carboxylic acids is 1. The molecule has 2 heterocycles. The van der Waals surface area contributed by atoms with Gasteiger partial charge in [-0.25, -0.2) is 4.98 Å². The van der Waals surface area contributed by atoms with Gasteiger partial charge in [0.25, 0.3) is 5.56 Å². The molecule has 1 saturated heterocycles. The second kappa shape index (κ2) is 11.3. The average Bonchev–Trinajstić information content (AvgIpc) is 2.77. The minimum absolute atomic E-state index is 0.0852. The highest BCUT2D eigenvalue weighted by Gasteiger charge is 2.26. The van der Waals surface area contributed by atoms with Gasteiger partial charge in [0.1, 0.15) is 0 Å². The Morgan fingerprint density at radius 2 is 2.00 bits per heavy atom. The van der Waals surface area contributed by atoms with Crippen molar-refractivity contribution < 1.29 is 9.53 Å². The quantitative estimate of drug-likeness (QED) is 0.321. The van der Waals surface area contributed by atoms with E-state index < -0.39 is 0 Å². The molecule has 1 aliphatic rings. The van der Waals surface area contributed by atoms with E-state index in [-0.39, 0.29) is 16.7 Å². The number of rotatable bonds is 9. The molecular weight excluding hydrogens is 436 g/mol. The molecule has 0 spiro atoms. The summed E-state index contributed by atoms with van der Waals surface area (Å²) >= 11 is 7.47. The number of thioether (sulfide) groups is 1. The van der Waals surface area contributed by atoms with Gasteiger partial charge < -0.3 is 14.5 Å². The maximum Gasteiger partial charge on any atom is 0.262 e. The Hall–Kier alpha value is -1.61. The third kappa shape index (κ3) is 6.00. The van der Waals surface area contributed by atoms with Crippen molar-refractivity contribution in [3.05, 3.63) is 33.6 Å². The third-order valence-electron chi connectivity index (χ3n) is 5.52.